The van der Waals surface area contributed by atoms with Crippen molar-refractivity contribution in [3.8, 4) is 0 Å². The van der Waals surface area contributed by atoms with Crippen molar-refractivity contribution in [2.24, 2.45) is 0 Å². The summed E-state index contributed by atoms with van der Waals surface area (Å²) in [6, 6.07) is 2.25. The Bertz CT molecular complexity index is 2070. The zero-order valence-electron chi connectivity index (χ0n) is 28.2. The average molecular weight is 631 g/mol. The van der Waals surface area contributed by atoms with E-state index in [4.69, 9.17) is 9.97 Å². The minimum atomic E-state index is 0.603. The van der Waals surface area contributed by atoms with Gasteiger partial charge in [-0.2, -0.15) is 0 Å². The Kier molecular flexibility index (Phi) is 10.9. The molecular formula is C44H46N4. The van der Waals surface area contributed by atoms with Gasteiger partial charge in [-0.25, -0.2) is 9.97 Å². The predicted octanol–water partition coefficient (Wildman–Crippen LogP) is 10.4. The third-order valence-electron chi connectivity index (χ3n) is 8.86. The maximum absolute atomic E-state index is 5.29. The van der Waals surface area contributed by atoms with Crippen LogP contribution in [0.15, 0.2) is 107 Å². The molecule has 1 N–H and O–H groups in total. The number of nitrogens with one attached hydrogen (secondary N) is 1. The minimum Gasteiger partial charge on any atom is -0.355 e. The van der Waals surface area contributed by atoms with E-state index in [2.05, 4.69) is 92.6 Å². The van der Waals surface area contributed by atoms with Crippen LogP contribution in [0.4, 0.5) is 0 Å². The Morgan fingerprint density at radius 2 is 0.896 bits per heavy atom. The highest BCUT2D eigenvalue weighted by molar-refractivity contribution is 5.89. The number of aromatic nitrogens is 4. The van der Waals surface area contributed by atoms with Gasteiger partial charge in [0.2, 0.25) is 0 Å². The highest BCUT2D eigenvalue weighted by atomic mass is 15.0. The third-order valence-corrected chi connectivity index (χ3v) is 8.86. The summed E-state index contributed by atoms with van der Waals surface area (Å²) >= 11 is 0. The smallest absolute Gasteiger partial charge is 0.0694 e. The SMILES string of the molecule is C=CCc1c2nc(c(CC=C)c3cc(CC=C)c([nH]3)c(CC=C)c3c(CC=C)c(CC=C)c(c(CC=C)c4nc1C=C4)n3CC=C)C=C2. The molecule has 0 unspecified atom stereocenters. The van der Waals surface area contributed by atoms with E-state index >= 15 is 0 Å². The van der Waals surface area contributed by atoms with Crippen molar-refractivity contribution >= 4 is 46.4 Å². The molecule has 0 atom stereocenters. The van der Waals surface area contributed by atoms with Crippen LogP contribution in [0.1, 0.15) is 61.7 Å². The van der Waals surface area contributed by atoms with Crippen LogP contribution in [0.25, 0.3) is 46.4 Å². The molecule has 0 amide bonds. The number of allylic oxidation sites excluding steroid dienone is 8. The molecule has 48 heavy (non-hydrogen) atoms. The van der Waals surface area contributed by atoms with Gasteiger partial charge in [-0.1, -0.05) is 48.6 Å². The quantitative estimate of drug-likeness (QED) is 0.110. The van der Waals surface area contributed by atoms with Crippen LogP contribution in [0.5, 0.6) is 0 Å². The first-order chi connectivity index (χ1) is 23.5. The predicted molar refractivity (Wildman–Crippen MR) is 210 cm³/mol. The molecular weight excluding hydrogens is 585 g/mol. The number of nitrogens with zero attached hydrogens (tertiary/aromatic N) is 3. The molecule has 0 aliphatic carbocycles. The van der Waals surface area contributed by atoms with Crippen LogP contribution < -0.4 is 0 Å². The van der Waals surface area contributed by atoms with Gasteiger partial charge in [0.15, 0.2) is 0 Å². The summed E-state index contributed by atoms with van der Waals surface area (Å²) in [4.78, 5) is 14.4. The number of H-pyrrole nitrogens is 1. The van der Waals surface area contributed by atoms with Crippen LogP contribution in [-0.4, -0.2) is 19.5 Å². The molecule has 5 rings (SSSR count). The van der Waals surface area contributed by atoms with E-state index in [0.717, 1.165) is 72.7 Å². The highest BCUT2D eigenvalue weighted by Crippen LogP contribution is 2.36. The van der Waals surface area contributed by atoms with E-state index < -0.39 is 0 Å². The molecule has 2 aliphatic heterocycles. The summed E-state index contributed by atoms with van der Waals surface area (Å²) in [5.74, 6) is 0. The molecule has 2 aliphatic rings. The van der Waals surface area contributed by atoms with Crippen molar-refractivity contribution in [2.45, 2.75) is 51.5 Å². The maximum Gasteiger partial charge on any atom is 0.0694 e. The van der Waals surface area contributed by atoms with Crippen molar-refractivity contribution in [3.05, 3.63) is 169 Å². The molecule has 3 aromatic heterocycles. The van der Waals surface area contributed by atoms with E-state index in [1.54, 1.807) is 0 Å². The van der Waals surface area contributed by atoms with Crippen LogP contribution in [0.3, 0.4) is 0 Å². The summed E-state index contributed by atoms with van der Waals surface area (Å²) < 4.78 is 2.41. The second-order valence-electron chi connectivity index (χ2n) is 11.9. The number of aromatic amines is 1. The fraction of sp³-hybridized carbons (Fsp3) is 0.182. The Morgan fingerprint density at radius 3 is 1.42 bits per heavy atom. The Balaban J connectivity index is 2.23. The maximum atomic E-state index is 5.29. The van der Waals surface area contributed by atoms with E-state index in [0.29, 0.717) is 51.5 Å². The van der Waals surface area contributed by atoms with Crippen molar-refractivity contribution in [2.75, 3.05) is 0 Å². The Hall–Kier alpha value is -5.48. The van der Waals surface area contributed by atoms with Gasteiger partial charge in [-0.05, 0) is 92.0 Å². The molecule has 0 fully saturated rings. The molecule has 0 saturated carbocycles. The molecule has 0 aromatic carbocycles. The molecule has 3 aromatic rings. The first-order valence-corrected chi connectivity index (χ1v) is 16.6. The van der Waals surface area contributed by atoms with Crippen LogP contribution in [-0.2, 0) is 51.5 Å². The highest BCUT2D eigenvalue weighted by Gasteiger charge is 2.23. The lowest BCUT2D eigenvalue weighted by Crippen LogP contribution is -2.02. The third kappa shape index (κ3) is 6.26. The van der Waals surface area contributed by atoms with Gasteiger partial charge in [0.1, 0.15) is 0 Å². The number of hydrogen-bond acceptors (Lipinski definition) is 2. The van der Waals surface area contributed by atoms with Gasteiger partial charge in [0.25, 0.3) is 0 Å². The second-order valence-corrected chi connectivity index (χ2v) is 11.9. The summed E-state index contributed by atoms with van der Waals surface area (Å²) in [5.41, 5.74) is 15.9. The Morgan fingerprint density at radius 1 is 0.479 bits per heavy atom. The second kappa shape index (κ2) is 15.4. The molecule has 0 spiro atoms. The van der Waals surface area contributed by atoms with E-state index in [1.165, 1.54) is 11.1 Å². The van der Waals surface area contributed by atoms with E-state index in [-0.39, 0.29) is 0 Å². The molecule has 4 heteroatoms. The zero-order valence-corrected chi connectivity index (χ0v) is 28.2. The van der Waals surface area contributed by atoms with Crippen LogP contribution in [0.2, 0.25) is 0 Å². The van der Waals surface area contributed by atoms with Gasteiger partial charge in [0, 0.05) is 39.8 Å². The van der Waals surface area contributed by atoms with E-state index in [9.17, 15) is 0 Å². The van der Waals surface area contributed by atoms with Crippen molar-refractivity contribution in [3.63, 3.8) is 0 Å². The number of fused-ring (bicyclic) bond motifs is 8. The number of rotatable bonds is 16. The monoisotopic (exact) mass is 630 g/mol. The zero-order chi connectivity index (χ0) is 34.2. The lowest BCUT2D eigenvalue weighted by atomic mass is 9.98. The summed E-state index contributed by atoms with van der Waals surface area (Å²) in [7, 11) is 0. The minimum absolute atomic E-state index is 0.603. The van der Waals surface area contributed by atoms with Crippen molar-refractivity contribution in [1.82, 2.24) is 19.5 Å². The normalized spacial score (nSPS) is 11.7. The fourth-order valence-electron chi connectivity index (χ4n) is 7.01. The molecule has 4 nitrogen and oxygen atoms in total. The number of hydrogen-bond donors (Lipinski definition) is 1. The van der Waals surface area contributed by atoms with Gasteiger partial charge in [-0.3, -0.25) is 0 Å². The standard InChI is InChI=1S/C44H46N4/c1-9-17-30-29-41-34(21-13-5)39-25-24-37(45-39)33(20-12-4)38-26-27-40(46-38)35(22-14-6)43-31(18-10-2)32(19-11-3)44(48(43)28-16-8)36(23-15-7)42(30)47-41/h9-16,24-27,29,47H,1-8,17-23,28H2. The van der Waals surface area contributed by atoms with Gasteiger partial charge < -0.3 is 9.55 Å². The molecule has 5 heterocycles. The van der Waals surface area contributed by atoms with Crippen molar-refractivity contribution in [1.29, 1.82) is 0 Å². The van der Waals surface area contributed by atoms with Gasteiger partial charge >= 0.3 is 0 Å². The molecule has 0 saturated heterocycles. The summed E-state index contributed by atoms with van der Waals surface area (Å²) in [6.45, 7) is 33.8. The Labute approximate surface area is 285 Å². The first-order valence-electron chi connectivity index (χ1n) is 16.6. The summed E-state index contributed by atoms with van der Waals surface area (Å²) in [6.07, 6.45) is 28.8. The van der Waals surface area contributed by atoms with Crippen LogP contribution in [0, 0.1) is 0 Å². The molecule has 0 radical (unpaired) electrons. The lowest BCUT2D eigenvalue weighted by Gasteiger charge is -2.12. The van der Waals surface area contributed by atoms with Crippen molar-refractivity contribution < 1.29 is 0 Å². The first kappa shape index (κ1) is 33.9. The summed E-state index contributed by atoms with van der Waals surface area (Å²) in [5, 5.41) is 0. The molecule has 242 valence electrons. The largest absolute Gasteiger partial charge is 0.355 e. The lowest BCUT2D eigenvalue weighted by molar-refractivity contribution is 0.882. The average Bonchev–Trinajstić information content (AvgIpc) is 3.88. The molecule has 8 bridgehead atoms. The topological polar surface area (TPSA) is 46.5 Å². The fourth-order valence-corrected chi connectivity index (χ4v) is 7.01. The van der Waals surface area contributed by atoms with E-state index in [1.807, 2.05) is 48.6 Å². The van der Waals surface area contributed by atoms with Crippen LogP contribution >= 0.6 is 0 Å². The van der Waals surface area contributed by atoms with Gasteiger partial charge in [-0.15, -0.1) is 52.6 Å². The van der Waals surface area contributed by atoms with Gasteiger partial charge in [0.05, 0.1) is 33.8 Å².